The number of amides is 1. The number of benzene rings is 1. The molecule has 6 nitrogen and oxygen atoms in total. The molecule has 0 radical (unpaired) electrons. The van der Waals surface area contributed by atoms with Crippen LogP contribution in [0.3, 0.4) is 0 Å². The zero-order valence-corrected chi connectivity index (χ0v) is 15.8. The van der Waals surface area contributed by atoms with Crippen molar-refractivity contribution in [2.45, 2.75) is 44.3 Å². The first-order valence-corrected chi connectivity index (χ1v) is 9.83. The summed E-state index contributed by atoms with van der Waals surface area (Å²) in [4.78, 5) is 12.3. The highest BCUT2D eigenvalue weighted by molar-refractivity contribution is 7.99. The van der Waals surface area contributed by atoms with E-state index in [1.165, 1.54) is 28.9 Å². The Bertz CT molecular complexity index is 781. The molecule has 1 aliphatic carbocycles. The van der Waals surface area contributed by atoms with E-state index in [0.717, 1.165) is 12.8 Å². The monoisotopic (exact) mass is 377 g/mol. The Kier molecular flexibility index (Phi) is 5.80. The van der Waals surface area contributed by atoms with Crippen LogP contribution < -0.4 is 11.2 Å². The van der Waals surface area contributed by atoms with Gasteiger partial charge in [0.25, 0.3) is 0 Å². The fourth-order valence-corrected chi connectivity index (χ4v) is 4.03. The summed E-state index contributed by atoms with van der Waals surface area (Å²) in [6, 6.07) is 6.46. The second-order valence-corrected chi connectivity index (χ2v) is 7.83. The Hall–Kier alpha value is -2.09. The molecule has 1 fully saturated rings. The van der Waals surface area contributed by atoms with Gasteiger partial charge >= 0.3 is 0 Å². The molecule has 0 saturated heterocycles. The van der Waals surface area contributed by atoms with Crippen molar-refractivity contribution in [2.75, 3.05) is 11.6 Å². The van der Waals surface area contributed by atoms with E-state index in [4.69, 9.17) is 5.84 Å². The summed E-state index contributed by atoms with van der Waals surface area (Å²) in [7, 11) is 0. The number of halogens is 1. The molecular weight excluding hydrogens is 353 g/mol. The van der Waals surface area contributed by atoms with Crippen molar-refractivity contribution in [3.63, 3.8) is 0 Å². The van der Waals surface area contributed by atoms with Gasteiger partial charge in [-0.2, -0.15) is 0 Å². The van der Waals surface area contributed by atoms with Gasteiger partial charge in [-0.1, -0.05) is 50.6 Å². The van der Waals surface area contributed by atoms with Crippen LogP contribution in [0.25, 0.3) is 11.4 Å². The summed E-state index contributed by atoms with van der Waals surface area (Å²) in [5.41, 5.74) is 0.281. The lowest BCUT2D eigenvalue weighted by Crippen LogP contribution is -2.44. The third kappa shape index (κ3) is 4.00. The summed E-state index contributed by atoms with van der Waals surface area (Å²) in [5, 5.41) is 11.4. The van der Waals surface area contributed by atoms with Crippen LogP contribution in [0.15, 0.2) is 29.4 Å². The molecule has 3 atom stereocenters. The van der Waals surface area contributed by atoms with Crippen molar-refractivity contribution < 1.29 is 9.18 Å². The predicted octanol–water partition coefficient (Wildman–Crippen LogP) is 2.83. The molecule has 1 aliphatic rings. The van der Waals surface area contributed by atoms with E-state index in [1.54, 1.807) is 18.2 Å². The molecule has 0 unspecified atom stereocenters. The number of rotatable bonds is 5. The fraction of sp³-hybridized carbons (Fsp3) is 0.500. The molecule has 1 saturated carbocycles. The van der Waals surface area contributed by atoms with E-state index in [1.807, 2.05) is 0 Å². The zero-order valence-electron chi connectivity index (χ0n) is 15.0. The molecule has 8 heteroatoms. The molecule has 0 aliphatic heterocycles. The van der Waals surface area contributed by atoms with Crippen LogP contribution in [-0.2, 0) is 4.79 Å². The molecule has 3 rings (SSSR count). The Labute approximate surface area is 156 Å². The van der Waals surface area contributed by atoms with Crippen molar-refractivity contribution in [1.29, 1.82) is 0 Å². The van der Waals surface area contributed by atoms with Crippen molar-refractivity contribution in [3.05, 3.63) is 30.1 Å². The van der Waals surface area contributed by atoms with Crippen LogP contribution in [0.2, 0.25) is 0 Å². The minimum absolute atomic E-state index is 0.0450. The number of aromatic nitrogens is 3. The van der Waals surface area contributed by atoms with Gasteiger partial charge in [0, 0.05) is 6.04 Å². The number of hydrogen-bond acceptors (Lipinski definition) is 5. The number of nitrogen functional groups attached to an aromatic ring is 1. The average molecular weight is 377 g/mol. The molecule has 0 spiro atoms. The Balaban J connectivity index is 1.60. The molecule has 1 amide bonds. The van der Waals surface area contributed by atoms with E-state index in [2.05, 4.69) is 29.4 Å². The van der Waals surface area contributed by atoms with E-state index < -0.39 is 5.82 Å². The Morgan fingerprint density at radius 1 is 1.35 bits per heavy atom. The number of nitrogens with one attached hydrogen (secondary N) is 1. The highest BCUT2D eigenvalue weighted by Crippen LogP contribution is 2.29. The van der Waals surface area contributed by atoms with Crippen molar-refractivity contribution >= 4 is 17.7 Å². The van der Waals surface area contributed by atoms with E-state index in [9.17, 15) is 9.18 Å². The first-order chi connectivity index (χ1) is 12.5. The highest BCUT2D eigenvalue weighted by atomic mass is 32.2. The third-order valence-corrected chi connectivity index (χ3v) is 6.11. The minimum atomic E-state index is -0.415. The van der Waals surface area contributed by atoms with E-state index in [-0.39, 0.29) is 29.1 Å². The summed E-state index contributed by atoms with van der Waals surface area (Å²) in [6.07, 6.45) is 3.39. The number of hydrogen-bond donors (Lipinski definition) is 2. The number of thioether (sulfide) groups is 1. The normalized spacial score (nSPS) is 23.0. The van der Waals surface area contributed by atoms with Gasteiger partial charge in [-0.15, -0.1) is 10.2 Å². The number of carbonyl (C=O) groups is 1. The van der Waals surface area contributed by atoms with Gasteiger partial charge in [-0.3, -0.25) is 4.79 Å². The van der Waals surface area contributed by atoms with Crippen LogP contribution in [0.4, 0.5) is 4.39 Å². The van der Waals surface area contributed by atoms with Crippen LogP contribution in [0.1, 0.15) is 33.1 Å². The Morgan fingerprint density at radius 3 is 2.88 bits per heavy atom. The van der Waals surface area contributed by atoms with E-state index >= 15 is 0 Å². The molecule has 3 N–H and O–H groups in total. The molecule has 1 aromatic heterocycles. The summed E-state index contributed by atoms with van der Waals surface area (Å²) in [5.74, 6) is 7.06. The maximum Gasteiger partial charge on any atom is 0.230 e. The number of nitrogens with two attached hydrogens (primary N) is 1. The molecule has 26 heavy (non-hydrogen) atoms. The second-order valence-electron chi connectivity index (χ2n) is 6.89. The molecule has 1 heterocycles. The van der Waals surface area contributed by atoms with Crippen LogP contribution >= 0.6 is 11.8 Å². The van der Waals surface area contributed by atoms with Gasteiger partial charge in [0.15, 0.2) is 5.82 Å². The summed E-state index contributed by atoms with van der Waals surface area (Å²) >= 11 is 1.20. The van der Waals surface area contributed by atoms with Crippen molar-refractivity contribution in [3.8, 4) is 11.4 Å². The summed E-state index contributed by atoms with van der Waals surface area (Å²) < 4.78 is 15.1. The first kappa shape index (κ1) is 18.7. The van der Waals surface area contributed by atoms with E-state index in [0.29, 0.717) is 17.0 Å². The van der Waals surface area contributed by atoms with Gasteiger partial charge in [-0.05, 0) is 30.4 Å². The summed E-state index contributed by atoms with van der Waals surface area (Å²) in [6.45, 7) is 4.43. The predicted molar refractivity (Wildman–Crippen MR) is 100 cm³/mol. The highest BCUT2D eigenvalue weighted by Gasteiger charge is 2.28. The van der Waals surface area contributed by atoms with Crippen LogP contribution in [0, 0.1) is 17.7 Å². The van der Waals surface area contributed by atoms with Crippen LogP contribution in [-0.4, -0.2) is 32.6 Å². The third-order valence-electron chi connectivity index (χ3n) is 5.16. The number of nitrogens with zero attached hydrogens (tertiary/aromatic N) is 3. The molecule has 1 aromatic carbocycles. The van der Waals surface area contributed by atoms with Crippen molar-refractivity contribution in [1.82, 2.24) is 20.2 Å². The molecule has 140 valence electrons. The van der Waals surface area contributed by atoms with Gasteiger partial charge in [0.1, 0.15) is 5.82 Å². The standard InChI is InChI=1S/C18H24FN5OS/c1-11-6-5-9-15(12(11)2)21-16(25)10-26-18-23-22-17(24(18)20)13-7-3-4-8-14(13)19/h3-4,7-8,11-12,15H,5-6,9-10,20H2,1-2H3,(H,21,25)/t11-,12+,15-/m0/s1. The van der Waals surface area contributed by atoms with Crippen molar-refractivity contribution in [2.24, 2.45) is 11.8 Å². The maximum atomic E-state index is 13.9. The van der Waals surface area contributed by atoms with Gasteiger partial charge in [0.2, 0.25) is 11.1 Å². The van der Waals surface area contributed by atoms with Gasteiger partial charge in [-0.25, -0.2) is 9.07 Å². The quantitative estimate of drug-likeness (QED) is 0.618. The van der Waals surface area contributed by atoms with Gasteiger partial charge in [0.05, 0.1) is 11.3 Å². The number of carbonyl (C=O) groups excluding carboxylic acids is 1. The molecular formula is C18H24FN5OS. The second kappa shape index (κ2) is 8.07. The maximum absolute atomic E-state index is 13.9. The largest absolute Gasteiger partial charge is 0.352 e. The van der Waals surface area contributed by atoms with Gasteiger partial charge < -0.3 is 11.2 Å². The molecule has 0 bridgehead atoms. The fourth-order valence-electron chi connectivity index (χ4n) is 3.37. The first-order valence-electron chi connectivity index (χ1n) is 8.85. The zero-order chi connectivity index (χ0) is 18.7. The van der Waals surface area contributed by atoms with Crippen LogP contribution in [0.5, 0.6) is 0 Å². The molecule has 2 aromatic rings. The topological polar surface area (TPSA) is 85.8 Å². The lowest BCUT2D eigenvalue weighted by molar-refractivity contribution is -0.120. The smallest absolute Gasteiger partial charge is 0.230 e. The average Bonchev–Trinajstić information content (AvgIpc) is 2.98. The lowest BCUT2D eigenvalue weighted by atomic mass is 9.78. The SMILES string of the molecule is C[C@H]1[C@@H](NC(=O)CSc2nnc(-c3ccccc3F)n2N)CCC[C@@H]1C. The Morgan fingerprint density at radius 2 is 2.12 bits per heavy atom. The lowest BCUT2D eigenvalue weighted by Gasteiger charge is -2.34. The minimum Gasteiger partial charge on any atom is -0.352 e.